The molecule has 134 valence electrons. The molecule has 1 amide bonds. The molecule has 0 atom stereocenters. The number of hydrogen-bond donors (Lipinski definition) is 2. The summed E-state index contributed by atoms with van der Waals surface area (Å²) in [6.07, 6.45) is 3.86. The predicted octanol–water partition coefficient (Wildman–Crippen LogP) is 4.19. The van der Waals surface area contributed by atoms with Crippen LogP contribution in [-0.4, -0.2) is 24.0 Å². The summed E-state index contributed by atoms with van der Waals surface area (Å²) >= 11 is 5.82. The Bertz CT molecular complexity index is 948. The lowest BCUT2D eigenvalue weighted by atomic mass is 9.95. The first-order valence-corrected chi connectivity index (χ1v) is 8.86. The van der Waals surface area contributed by atoms with Crippen LogP contribution in [0.25, 0.3) is 10.9 Å². The monoisotopic (exact) mass is 372 g/mol. The number of amides is 1. The summed E-state index contributed by atoms with van der Waals surface area (Å²) in [6.45, 7) is 0.458. The van der Waals surface area contributed by atoms with Crippen molar-refractivity contribution in [2.45, 2.75) is 18.3 Å². The van der Waals surface area contributed by atoms with E-state index in [1.165, 1.54) is 6.07 Å². The van der Waals surface area contributed by atoms with Crippen molar-refractivity contribution in [3.8, 4) is 5.75 Å². The van der Waals surface area contributed by atoms with E-state index >= 15 is 0 Å². The Morgan fingerprint density at radius 1 is 1.23 bits per heavy atom. The molecule has 1 aliphatic rings. The number of benzene rings is 2. The number of ether oxygens (including phenoxy) is 1. The fourth-order valence-electron chi connectivity index (χ4n) is 3.22. The molecule has 3 aromatic rings. The van der Waals surface area contributed by atoms with Gasteiger partial charge in [0.05, 0.1) is 0 Å². The van der Waals surface area contributed by atoms with E-state index in [0.717, 1.165) is 29.3 Å². The van der Waals surface area contributed by atoms with Crippen molar-refractivity contribution < 1.29 is 13.9 Å². The third-order valence-corrected chi connectivity index (χ3v) is 5.13. The van der Waals surface area contributed by atoms with Gasteiger partial charge in [-0.3, -0.25) is 4.79 Å². The summed E-state index contributed by atoms with van der Waals surface area (Å²) in [5.41, 5.74) is 1.85. The topological polar surface area (TPSA) is 54.1 Å². The van der Waals surface area contributed by atoms with Crippen LogP contribution in [0.3, 0.4) is 0 Å². The summed E-state index contributed by atoms with van der Waals surface area (Å²) < 4.78 is 19.1. The highest BCUT2D eigenvalue weighted by Crippen LogP contribution is 2.50. The zero-order valence-corrected chi connectivity index (χ0v) is 14.8. The first-order chi connectivity index (χ1) is 12.6. The van der Waals surface area contributed by atoms with E-state index in [0.29, 0.717) is 17.3 Å². The van der Waals surface area contributed by atoms with E-state index in [4.69, 9.17) is 16.3 Å². The van der Waals surface area contributed by atoms with Gasteiger partial charge in [0.2, 0.25) is 0 Å². The predicted molar refractivity (Wildman–Crippen MR) is 99.1 cm³/mol. The molecule has 1 aromatic heterocycles. The quantitative estimate of drug-likeness (QED) is 0.681. The van der Waals surface area contributed by atoms with Gasteiger partial charge in [-0.05, 0) is 60.9 Å². The second-order valence-electron chi connectivity index (χ2n) is 6.69. The second kappa shape index (κ2) is 6.65. The largest absolute Gasteiger partial charge is 0.484 e. The van der Waals surface area contributed by atoms with E-state index in [1.54, 1.807) is 36.4 Å². The lowest BCUT2D eigenvalue weighted by molar-refractivity contribution is -0.123. The first kappa shape index (κ1) is 16.9. The van der Waals surface area contributed by atoms with Gasteiger partial charge in [-0.25, -0.2) is 4.39 Å². The first-order valence-electron chi connectivity index (χ1n) is 8.48. The Labute approximate surface area is 155 Å². The SMILES string of the molecule is O=C(COc1ccc(Cl)cc1)NCC1(c2c[nH]c3ccc(F)cc23)CC1. The Balaban J connectivity index is 1.38. The van der Waals surface area contributed by atoms with Gasteiger partial charge >= 0.3 is 0 Å². The zero-order valence-electron chi connectivity index (χ0n) is 14.0. The maximum atomic E-state index is 13.6. The van der Waals surface area contributed by atoms with E-state index in [1.807, 2.05) is 6.20 Å². The van der Waals surface area contributed by atoms with E-state index in [2.05, 4.69) is 10.3 Å². The van der Waals surface area contributed by atoms with Crippen molar-refractivity contribution in [3.63, 3.8) is 0 Å². The molecular formula is C20H18ClFN2O2. The van der Waals surface area contributed by atoms with E-state index in [9.17, 15) is 9.18 Å². The van der Waals surface area contributed by atoms with Crippen LogP contribution in [0.15, 0.2) is 48.7 Å². The van der Waals surface area contributed by atoms with Crippen LogP contribution in [0.4, 0.5) is 4.39 Å². The molecule has 2 N–H and O–H groups in total. The molecule has 0 saturated heterocycles. The third-order valence-electron chi connectivity index (χ3n) is 4.88. The van der Waals surface area contributed by atoms with Gasteiger partial charge in [0.15, 0.2) is 6.61 Å². The molecular weight excluding hydrogens is 355 g/mol. The van der Waals surface area contributed by atoms with Gasteiger partial charge in [0.1, 0.15) is 11.6 Å². The van der Waals surface area contributed by atoms with Crippen molar-refractivity contribution >= 4 is 28.4 Å². The minimum Gasteiger partial charge on any atom is -0.484 e. The minimum absolute atomic E-state index is 0.0553. The van der Waals surface area contributed by atoms with Gasteiger partial charge in [0.25, 0.3) is 5.91 Å². The Morgan fingerprint density at radius 3 is 2.73 bits per heavy atom. The maximum absolute atomic E-state index is 13.6. The Hall–Kier alpha value is -2.53. The van der Waals surface area contributed by atoms with Crippen molar-refractivity contribution in [3.05, 3.63) is 65.1 Å². The molecule has 4 nitrogen and oxygen atoms in total. The highest BCUT2D eigenvalue weighted by atomic mass is 35.5. The normalized spacial score (nSPS) is 15.0. The van der Waals surface area contributed by atoms with Crippen molar-refractivity contribution in [2.75, 3.05) is 13.2 Å². The summed E-state index contributed by atoms with van der Waals surface area (Å²) in [7, 11) is 0. The molecule has 0 unspecified atom stereocenters. The van der Waals surface area contributed by atoms with Crippen LogP contribution in [-0.2, 0) is 10.2 Å². The summed E-state index contributed by atoms with van der Waals surface area (Å²) in [4.78, 5) is 15.3. The van der Waals surface area contributed by atoms with Gasteiger partial charge < -0.3 is 15.0 Å². The molecule has 6 heteroatoms. The summed E-state index contributed by atoms with van der Waals surface area (Å²) in [5, 5.41) is 4.44. The number of carbonyl (C=O) groups excluding carboxylic acids is 1. The molecule has 26 heavy (non-hydrogen) atoms. The number of carbonyl (C=O) groups is 1. The Morgan fingerprint density at radius 2 is 2.00 bits per heavy atom. The highest BCUT2D eigenvalue weighted by Gasteiger charge is 2.45. The van der Waals surface area contributed by atoms with Crippen molar-refractivity contribution in [2.24, 2.45) is 0 Å². The number of aromatic nitrogens is 1. The number of aromatic amines is 1. The highest BCUT2D eigenvalue weighted by molar-refractivity contribution is 6.30. The van der Waals surface area contributed by atoms with Crippen molar-refractivity contribution in [1.29, 1.82) is 0 Å². The van der Waals surface area contributed by atoms with Crippen LogP contribution < -0.4 is 10.1 Å². The molecule has 0 radical (unpaired) electrons. The van der Waals surface area contributed by atoms with Gasteiger partial charge in [0, 0.05) is 34.1 Å². The third kappa shape index (κ3) is 3.40. The van der Waals surface area contributed by atoms with Gasteiger partial charge in [-0.1, -0.05) is 11.6 Å². The molecule has 2 aromatic carbocycles. The van der Waals surface area contributed by atoms with E-state index < -0.39 is 0 Å². The zero-order chi connectivity index (χ0) is 18.1. The van der Waals surface area contributed by atoms with Crippen LogP contribution in [0, 0.1) is 5.82 Å². The second-order valence-corrected chi connectivity index (χ2v) is 7.13. The molecule has 1 aliphatic carbocycles. The smallest absolute Gasteiger partial charge is 0.257 e. The van der Waals surface area contributed by atoms with Crippen molar-refractivity contribution in [1.82, 2.24) is 10.3 Å². The van der Waals surface area contributed by atoms with Crippen LogP contribution in [0.1, 0.15) is 18.4 Å². The van der Waals surface area contributed by atoms with Gasteiger partial charge in [-0.2, -0.15) is 0 Å². The number of rotatable bonds is 6. The number of fused-ring (bicyclic) bond motifs is 1. The number of nitrogens with one attached hydrogen (secondary N) is 2. The minimum atomic E-state index is -0.255. The molecule has 0 aliphatic heterocycles. The molecule has 1 fully saturated rings. The molecule has 0 bridgehead atoms. The fourth-order valence-corrected chi connectivity index (χ4v) is 3.35. The average Bonchev–Trinajstić information content (AvgIpc) is 3.31. The number of halogens is 2. The molecule has 1 saturated carbocycles. The molecule has 1 heterocycles. The average molecular weight is 373 g/mol. The summed E-state index contributed by atoms with van der Waals surface area (Å²) in [5.74, 6) is 0.157. The van der Waals surface area contributed by atoms with Crippen LogP contribution in [0.2, 0.25) is 5.02 Å². The summed E-state index contributed by atoms with van der Waals surface area (Å²) in [6, 6.07) is 11.6. The fraction of sp³-hybridized carbons (Fsp3) is 0.250. The van der Waals surface area contributed by atoms with E-state index in [-0.39, 0.29) is 23.7 Å². The lowest BCUT2D eigenvalue weighted by Crippen LogP contribution is -2.35. The molecule has 0 spiro atoms. The van der Waals surface area contributed by atoms with Gasteiger partial charge in [-0.15, -0.1) is 0 Å². The number of H-pyrrole nitrogens is 1. The lowest BCUT2D eigenvalue weighted by Gasteiger charge is -2.16. The standard InChI is InChI=1S/C20H18ClFN2O2/c21-13-1-4-15(5-2-13)26-11-19(25)24-12-20(7-8-20)17-10-23-18-6-3-14(22)9-16(17)18/h1-6,9-10,23H,7-8,11-12H2,(H,24,25). The number of hydrogen-bond acceptors (Lipinski definition) is 2. The maximum Gasteiger partial charge on any atom is 0.257 e. The molecule has 4 rings (SSSR count). The van der Waals surface area contributed by atoms with Crippen LogP contribution in [0.5, 0.6) is 5.75 Å². The van der Waals surface area contributed by atoms with Crippen LogP contribution >= 0.6 is 11.6 Å². The Kier molecular flexibility index (Phi) is 4.32.